The molecule has 0 radical (unpaired) electrons. The first-order valence-electron chi connectivity index (χ1n) is 27.4. The number of aliphatic hydroxyl groups is 1. The summed E-state index contributed by atoms with van der Waals surface area (Å²) in [6.45, 7) is 14.0. The molecule has 14 nitrogen and oxygen atoms in total. The predicted octanol–water partition coefficient (Wildman–Crippen LogP) is 9.36. The summed E-state index contributed by atoms with van der Waals surface area (Å²) in [6, 6.07) is 32.7. The quantitative estimate of drug-likeness (QED) is 0.0435. The van der Waals surface area contributed by atoms with E-state index in [9.17, 15) is 29.1 Å². The van der Waals surface area contributed by atoms with Gasteiger partial charge in [0.05, 0.1) is 28.2 Å². The number of ether oxygens (including phenoxy) is 1. The van der Waals surface area contributed by atoms with Crippen LogP contribution in [0.25, 0.3) is 21.6 Å². The van der Waals surface area contributed by atoms with Crippen molar-refractivity contribution in [2.24, 2.45) is 10.8 Å². The number of aryl methyl sites for hydroxylation is 1. The van der Waals surface area contributed by atoms with Crippen molar-refractivity contribution in [3.05, 3.63) is 131 Å². The average Bonchev–Trinajstić information content (AvgIpc) is 4.14. The molecule has 4 heterocycles. The summed E-state index contributed by atoms with van der Waals surface area (Å²) in [4.78, 5) is 80.7. The van der Waals surface area contributed by atoms with Gasteiger partial charge in [0.2, 0.25) is 23.6 Å². The Kier molecular flexibility index (Phi) is 17.9. The number of β-amino-alcohol motifs (C(OH)–C–C–N with tert-alkyl or cyclic N) is 1. The number of alkyl carbamates (subject to hydrolysis) is 1. The first-order valence-corrected chi connectivity index (χ1v) is 29.3. The number of thiazole rings is 1. The second-order valence-corrected chi connectivity index (χ2v) is 24.7. The highest BCUT2D eigenvalue weighted by atomic mass is 32.2. The van der Waals surface area contributed by atoms with Crippen LogP contribution in [0.1, 0.15) is 113 Å². The van der Waals surface area contributed by atoms with Crippen molar-refractivity contribution in [2.45, 2.75) is 127 Å². The molecule has 4 aromatic carbocycles. The first-order chi connectivity index (χ1) is 37.0. The van der Waals surface area contributed by atoms with Crippen LogP contribution in [0, 0.1) is 17.8 Å². The van der Waals surface area contributed by atoms with E-state index in [2.05, 4.69) is 74.4 Å². The molecule has 5 aromatic rings. The van der Waals surface area contributed by atoms with Gasteiger partial charge in [-0.3, -0.25) is 19.2 Å². The van der Waals surface area contributed by atoms with E-state index in [4.69, 9.17) is 4.74 Å². The van der Waals surface area contributed by atoms with E-state index in [0.717, 1.165) is 71.2 Å². The number of likely N-dealkylation sites (tertiary alicyclic amines) is 3. The standard InChI is InChI=1S/C61H75N7O7S2/c1-40(42-23-25-43(26-24-42)55-41(2)62-39-77-55)63-57(72)52-33-45(69)34-68(52)58(73)56(60(3,4)5)65-53(70)21-13-14-22-54(71)67-31-28-61(29-32-67)37-66(38-61)30-27-44(36-76-46-15-7-6-8-16-46)64-59(74)75-35-51-49-19-11-9-17-47(49)48-18-10-12-20-50(48)51/h6-12,15-20,23-26,39-40,44-45,51-52,56,69H,13-14,21-22,27-38H2,1-5H3,(H,63,72)(H,64,74)(H,65,70)/t40-,44+,45+,52-,56+/m0/s1. The molecular weight excluding hydrogens is 1010 g/mol. The van der Waals surface area contributed by atoms with Crippen LogP contribution < -0.4 is 16.0 Å². The van der Waals surface area contributed by atoms with Crippen molar-refractivity contribution in [1.82, 2.24) is 35.6 Å². The number of amides is 5. The van der Waals surface area contributed by atoms with Crippen LogP contribution in [0.4, 0.5) is 4.79 Å². The number of fused-ring (bicyclic) bond motifs is 3. The number of piperidine rings is 1. The Morgan fingerprint density at radius 1 is 0.844 bits per heavy atom. The van der Waals surface area contributed by atoms with Crippen LogP contribution in [0.5, 0.6) is 0 Å². The third kappa shape index (κ3) is 13.6. The summed E-state index contributed by atoms with van der Waals surface area (Å²) in [6.07, 6.45) is 3.08. The fraction of sp³-hybridized carbons (Fsp3) is 0.475. The number of hydrogen-bond acceptors (Lipinski definition) is 11. The number of aromatic nitrogens is 1. The zero-order valence-corrected chi connectivity index (χ0v) is 46.8. The van der Waals surface area contributed by atoms with E-state index < -0.39 is 35.6 Å². The van der Waals surface area contributed by atoms with Gasteiger partial charge in [0.25, 0.3) is 0 Å². The fourth-order valence-corrected chi connectivity index (χ4v) is 13.4. The van der Waals surface area contributed by atoms with Crippen molar-refractivity contribution >= 4 is 52.8 Å². The van der Waals surface area contributed by atoms with E-state index >= 15 is 0 Å². The van der Waals surface area contributed by atoms with E-state index in [1.165, 1.54) is 27.2 Å². The predicted molar refractivity (Wildman–Crippen MR) is 303 cm³/mol. The lowest BCUT2D eigenvalue weighted by atomic mass is 9.72. The summed E-state index contributed by atoms with van der Waals surface area (Å²) < 4.78 is 5.96. The molecule has 9 rings (SSSR count). The summed E-state index contributed by atoms with van der Waals surface area (Å²) in [5.41, 5.74) is 9.03. The van der Waals surface area contributed by atoms with E-state index in [-0.39, 0.29) is 67.1 Å². The van der Waals surface area contributed by atoms with Crippen molar-refractivity contribution in [3.63, 3.8) is 0 Å². The van der Waals surface area contributed by atoms with Crippen molar-refractivity contribution in [1.29, 1.82) is 0 Å². The van der Waals surface area contributed by atoms with Gasteiger partial charge in [0.15, 0.2) is 0 Å². The number of nitrogens with one attached hydrogen (secondary N) is 3. The summed E-state index contributed by atoms with van der Waals surface area (Å²) in [7, 11) is 0. The van der Waals surface area contributed by atoms with Gasteiger partial charge in [-0.15, -0.1) is 23.1 Å². The summed E-state index contributed by atoms with van der Waals surface area (Å²) >= 11 is 3.31. The molecule has 1 spiro atoms. The second kappa shape index (κ2) is 24.7. The lowest BCUT2D eigenvalue weighted by molar-refractivity contribution is -0.144. The van der Waals surface area contributed by atoms with Gasteiger partial charge in [0, 0.05) is 81.1 Å². The smallest absolute Gasteiger partial charge is 0.407 e. The minimum absolute atomic E-state index is 0.00274. The molecular formula is C61H75N7O7S2. The highest BCUT2D eigenvalue weighted by molar-refractivity contribution is 7.99. The molecule has 5 amide bonds. The number of carbonyl (C=O) groups excluding carboxylic acids is 5. The Labute approximate surface area is 462 Å². The van der Waals surface area contributed by atoms with E-state index in [0.29, 0.717) is 32.4 Å². The molecule has 1 aliphatic carbocycles. The van der Waals surface area contributed by atoms with E-state index in [1.54, 1.807) is 23.1 Å². The largest absolute Gasteiger partial charge is 0.449 e. The lowest BCUT2D eigenvalue weighted by Gasteiger charge is -2.54. The Hall–Kier alpha value is -6.07. The molecule has 4 N–H and O–H groups in total. The number of nitrogens with zero attached hydrogens (tertiary/aromatic N) is 4. The number of rotatable bonds is 20. The van der Waals surface area contributed by atoms with Gasteiger partial charge in [-0.25, -0.2) is 9.78 Å². The molecule has 77 heavy (non-hydrogen) atoms. The van der Waals surface area contributed by atoms with Gasteiger partial charge in [-0.2, -0.15) is 0 Å². The SMILES string of the molecule is Cc1ncsc1-c1ccc([C@H](C)NC(=O)[C@@H]2C[C@@H](O)CN2C(=O)[C@@H](NC(=O)CCCCC(=O)N2CCC3(CC2)CN(CC[C@H](CSc2ccccc2)NC(=O)OCC2c4ccccc4-c4ccccc42)C3)C(C)(C)C)cc1. The number of benzene rings is 4. The molecule has 4 aliphatic rings. The Morgan fingerprint density at radius 3 is 2.14 bits per heavy atom. The number of hydrogen-bond donors (Lipinski definition) is 4. The zero-order valence-electron chi connectivity index (χ0n) is 45.2. The fourth-order valence-electron chi connectivity index (χ4n) is 11.6. The number of carbonyl (C=O) groups is 5. The van der Waals surface area contributed by atoms with Crippen molar-refractivity contribution in [3.8, 4) is 21.6 Å². The third-order valence-corrected chi connectivity index (χ3v) is 18.2. The van der Waals surface area contributed by atoms with Crippen LogP contribution in [-0.4, -0.2) is 130 Å². The first kappa shape index (κ1) is 55.7. The highest BCUT2D eigenvalue weighted by Crippen LogP contribution is 2.45. The van der Waals surface area contributed by atoms with Gasteiger partial charge in [0.1, 0.15) is 18.7 Å². The van der Waals surface area contributed by atoms with Crippen molar-refractivity contribution in [2.75, 3.05) is 51.6 Å². The van der Waals surface area contributed by atoms with Gasteiger partial charge < -0.3 is 40.5 Å². The van der Waals surface area contributed by atoms with Crippen LogP contribution in [0.2, 0.25) is 0 Å². The van der Waals surface area contributed by atoms with Gasteiger partial charge in [-0.05, 0) is 102 Å². The molecule has 3 aliphatic heterocycles. The van der Waals surface area contributed by atoms with Crippen LogP contribution in [0.15, 0.2) is 114 Å². The van der Waals surface area contributed by atoms with Crippen LogP contribution in [-0.2, 0) is 23.9 Å². The molecule has 1 aromatic heterocycles. The Bertz CT molecular complexity index is 2810. The summed E-state index contributed by atoms with van der Waals surface area (Å²) in [5.74, 6) is -0.225. The number of thioether (sulfide) groups is 1. The third-order valence-electron chi connectivity index (χ3n) is 16.1. The molecule has 0 unspecified atom stereocenters. The zero-order chi connectivity index (χ0) is 54.3. The maximum absolute atomic E-state index is 14.2. The molecule has 0 saturated carbocycles. The number of unbranched alkanes of at least 4 members (excludes halogenated alkanes) is 1. The Balaban J connectivity index is 0.686. The maximum atomic E-state index is 14.2. The normalized spacial score (nSPS) is 19.1. The topological polar surface area (TPSA) is 174 Å². The van der Waals surface area contributed by atoms with Gasteiger partial charge in [-0.1, -0.05) is 112 Å². The molecule has 0 bridgehead atoms. The highest BCUT2D eigenvalue weighted by Gasteiger charge is 2.46. The van der Waals surface area contributed by atoms with Gasteiger partial charge >= 0.3 is 6.09 Å². The Morgan fingerprint density at radius 2 is 1.49 bits per heavy atom. The van der Waals surface area contributed by atoms with Crippen LogP contribution >= 0.6 is 23.1 Å². The minimum atomic E-state index is -0.925. The van der Waals surface area contributed by atoms with Crippen molar-refractivity contribution < 1.29 is 33.8 Å². The maximum Gasteiger partial charge on any atom is 0.407 e. The molecule has 16 heteroatoms. The lowest BCUT2D eigenvalue weighted by Crippen LogP contribution is -2.61. The molecule has 3 saturated heterocycles. The van der Waals surface area contributed by atoms with Crippen LogP contribution in [0.3, 0.4) is 0 Å². The number of aliphatic hydroxyl groups excluding tert-OH is 1. The molecule has 3 fully saturated rings. The average molecular weight is 1080 g/mol. The monoisotopic (exact) mass is 1080 g/mol. The second-order valence-electron chi connectivity index (χ2n) is 22.8. The summed E-state index contributed by atoms with van der Waals surface area (Å²) in [5, 5.41) is 19.9. The minimum Gasteiger partial charge on any atom is -0.449 e. The molecule has 408 valence electrons. The van der Waals surface area contributed by atoms with E-state index in [1.807, 2.05) is 99.6 Å². The molecule has 5 atom stereocenters.